The van der Waals surface area contributed by atoms with Gasteiger partial charge in [-0.1, -0.05) is 40.7 Å². The first-order chi connectivity index (χ1) is 10.1. The van der Waals surface area contributed by atoms with Crippen molar-refractivity contribution in [2.75, 3.05) is 0 Å². The SMILES string of the molecule is CC1C=CC(=O)C2(C)CC(O)C3C4C(C)(C)CCC4(C)CC132. The van der Waals surface area contributed by atoms with Gasteiger partial charge in [0.1, 0.15) is 0 Å². The molecule has 0 aromatic carbocycles. The third-order valence-corrected chi connectivity index (χ3v) is 8.54. The number of carbonyl (C=O) groups excluding carboxylic acids is 1. The number of hydrogen-bond acceptors (Lipinski definition) is 2. The lowest BCUT2D eigenvalue weighted by Crippen LogP contribution is -2.50. The van der Waals surface area contributed by atoms with E-state index in [0.29, 0.717) is 18.3 Å². The third kappa shape index (κ3) is 1.36. The van der Waals surface area contributed by atoms with Crippen molar-refractivity contribution in [1.29, 1.82) is 0 Å². The van der Waals surface area contributed by atoms with Crippen LogP contribution in [0.1, 0.15) is 60.3 Å². The fraction of sp³-hybridized carbons (Fsp3) is 0.850. The van der Waals surface area contributed by atoms with Crippen LogP contribution in [0.5, 0.6) is 0 Å². The molecule has 1 spiro atoms. The summed E-state index contributed by atoms with van der Waals surface area (Å²) in [6, 6.07) is 0. The topological polar surface area (TPSA) is 37.3 Å². The first-order valence-electron chi connectivity index (χ1n) is 8.99. The highest BCUT2D eigenvalue weighted by atomic mass is 16.3. The van der Waals surface area contributed by atoms with Gasteiger partial charge < -0.3 is 5.11 Å². The fourth-order valence-corrected chi connectivity index (χ4v) is 7.81. The summed E-state index contributed by atoms with van der Waals surface area (Å²) in [6.07, 6.45) is 7.88. The number of ketones is 1. The molecule has 1 N–H and O–H groups in total. The molecule has 3 fully saturated rings. The Hall–Kier alpha value is -0.630. The second-order valence-electron chi connectivity index (χ2n) is 9.98. The van der Waals surface area contributed by atoms with Crippen molar-refractivity contribution in [2.45, 2.75) is 66.4 Å². The largest absolute Gasteiger partial charge is 0.393 e. The van der Waals surface area contributed by atoms with Gasteiger partial charge >= 0.3 is 0 Å². The molecule has 4 aliphatic carbocycles. The number of carbonyl (C=O) groups is 1. The van der Waals surface area contributed by atoms with E-state index in [0.717, 1.165) is 6.42 Å². The average molecular weight is 302 g/mol. The van der Waals surface area contributed by atoms with Crippen molar-refractivity contribution in [3.63, 3.8) is 0 Å². The molecule has 0 heterocycles. The number of fused-ring (bicyclic) bond motifs is 2. The molecule has 2 heteroatoms. The lowest BCUT2D eigenvalue weighted by atomic mass is 9.52. The molecule has 4 rings (SSSR count). The summed E-state index contributed by atoms with van der Waals surface area (Å²) in [5.41, 5.74) is 0.166. The summed E-state index contributed by atoms with van der Waals surface area (Å²) >= 11 is 0. The molecule has 0 bridgehead atoms. The minimum atomic E-state index is -0.366. The van der Waals surface area contributed by atoms with Crippen LogP contribution in [0.15, 0.2) is 12.2 Å². The zero-order valence-electron chi connectivity index (χ0n) is 14.6. The third-order valence-electron chi connectivity index (χ3n) is 8.54. The maximum absolute atomic E-state index is 12.8. The van der Waals surface area contributed by atoms with Gasteiger partial charge in [0.15, 0.2) is 5.78 Å². The van der Waals surface area contributed by atoms with Crippen LogP contribution in [-0.4, -0.2) is 17.0 Å². The number of aliphatic hydroxyl groups is 1. The maximum atomic E-state index is 12.8. The standard InChI is InChI=1S/C20H30O2/c1-12-6-7-14(22)19(5)10-13(21)15-16-17(2,3)8-9-18(16,4)11-20(12,15)19/h6-7,12-13,15-16,21H,8-11H2,1-5H3. The van der Waals surface area contributed by atoms with Gasteiger partial charge in [0.05, 0.1) is 6.10 Å². The average Bonchev–Trinajstić information content (AvgIpc) is 2.91. The van der Waals surface area contributed by atoms with E-state index < -0.39 is 0 Å². The number of allylic oxidation sites excluding steroid dienone is 2. The molecule has 0 saturated heterocycles. The van der Waals surface area contributed by atoms with E-state index in [1.165, 1.54) is 12.8 Å². The zero-order chi connectivity index (χ0) is 16.1. The highest BCUT2D eigenvalue weighted by molar-refractivity contribution is 5.97. The molecule has 122 valence electrons. The molecule has 7 unspecified atom stereocenters. The highest BCUT2D eigenvalue weighted by Gasteiger charge is 2.77. The quantitative estimate of drug-likeness (QED) is 0.735. The number of hydrogen-bond donors (Lipinski definition) is 1. The Morgan fingerprint density at radius 2 is 1.86 bits per heavy atom. The second-order valence-corrected chi connectivity index (χ2v) is 9.98. The molecule has 22 heavy (non-hydrogen) atoms. The van der Waals surface area contributed by atoms with Gasteiger partial charge in [-0.3, -0.25) is 4.79 Å². The van der Waals surface area contributed by atoms with Crippen LogP contribution in [0.25, 0.3) is 0 Å². The molecule has 2 nitrogen and oxygen atoms in total. The van der Waals surface area contributed by atoms with Gasteiger partial charge in [0, 0.05) is 5.41 Å². The van der Waals surface area contributed by atoms with Gasteiger partial charge in [0.2, 0.25) is 0 Å². The molecule has 3 saturated carbocycles. The molecule has 0 amide bonds. The molecule has 0 aromatic heterocycles. The van der Waals surface area contributed by atoms with E-state index in [4.69, 9.17) is 0 Å². The summed E-state index contributed by atoms with van der Waals surface area (Å²) < 4.78 is 0. The Bertz CT molecular complexity index is 576. The second kappa shape index (κ2) is 3.88. The zero-order valence-corrected chi connectivity index (χ0v) is 14.6. The molecule has 0 aromatic rings. The van der Waals surface area contributed by atoms with Gasteiger partial charge in [-0.05, 0) is 65.8 Å². The highest BCUT2D eigenvalue weighted by Crippen LogP contribution is 2.79. The normalized spacial score (nSPS) is 58.5. The Labute approximate surface area is 134 Å². The van der Waals surface area contributed by atoms with Gasteiger partial charge in [-0.25, -0.2) is 0 Å². The molecule has 4 aliphatic rings. The minimum Gasteiger partial charge on any atom is -0.393 e. The predicted octanol–water partition coefficient (Wildman–Crippen LogP) is 3.98. The van der Waals surface area contributed by atoms with Gasteiger partial charge in [0.25, 0.3) is 0 Å². The van der Waals surface area contributed by atoms with E-state index in [9.17, 15) is 9.90 Å². The lowest BCUT2D eigenvalue weighted by molar-refractivity contribution is -0.134. The summed E-state index contributed by atoms with van der Waals surface area (Å²) in [7, 11) is 0. The van der Waals surface area contributed by atoms with E-state index in [-0.39, 0.29) is 39.5 Å². The summed E-state index contributed by atoms with van der Waals surface area (Å²) in [5, 5.41) is 11.0. The molecule has 0 aliphatic heterocycles. The van der Waals surface area contributed by atoms with E-state index in [1.807, 2.05) is 0 Å². The van der Waals surface area contributed by atoms with Crippen LogP contribution < -0.4 is 0 Å². The van der Waals surface area contributed by atoms with E-state index >= 15 is 0 Å². The Morgan fingerprint density at radius 3 is 2.55 bits per heavy atom. The molecule has 7 atom stereocenters. The van der Waals surface area contributed by atoms with Gasteiger partial charge in [-0.15, -0.1) is 0 Å². The molecule has 0 radical (unpaired) electrons. The Morgan fingerprint density at radius 1 is 1.18 bits per heavy atom. The van der Waals surface area contributed by atoms with Crippen molar-refractivity contribution in [1.82, 2.24) is 0 Å². The summed E-state index contributed by atoms with van der Waals surface area (Å²) in [4.78, 5) is 12.8. The van der Waals surface area contributed by atoms with Crippen molar-refractivity contribution < 1.29 is 9.90 Å². The van der Waals surface area contributed by atoms with Crippen molar-refractivity contribution in [3.05, 3.63) is 12.2 Å². The summed E-state index contributed by atoms with van der Waals surface area (Å²) in [6.45, 7) is 11.6. The smallest absolute Gasteiger partial charge is 0.161 e. The minimum absolute atomic E-state index is 0.0324. The van der Waals surface area contributed by atoms with Gasteiger partial charge in [-0.2, -0.15) is 0 Å². The van der Waals surface area contributed by atoms with Crippen LogP contribution >= 0.6 is 0 Å². The molecular weight excluding hydrogens is 272 g/mol. The van der Waals surface area contributed by atoms with E-state index in [1.54, 1.807) is 6.08 Å². The Kier molecular flexibility index (Phi) is 2.63. The molecular formula is C20H30O2. The van der Waals surface area contributed by atoms with Crippen molar-refractivity contribution in [2.24, 2.45) is 39.4 Å². The summed E-state index contributed by atoms with van der Waals surface area (Å²) in [5.74, 6) is 1.46. The monoisotopic (exact) mass is 302 g/mol. The first kappa shape index (κ1) is 14.9. The Balaban J connectivity index is 1.94. The van der Waals surface area contributed by atoms with Crippen molar-refractivity contribution in [3.8, 4) is 0 Å². The van der Waals surface area contributed by atoms with Crippen LogP contribution in [0.4, 0.5) is 0 Å². The lowest BCUT2D eigenvalue weighted by Gasteiger charge is -2.50. The number of rotatable bonds is 0. The van der Waals surface area contributed by atoms with Crippen molar-refractivity contribution >= 4 is 5.78 Å². The van der Waals surface area contributed by atoms with Crippen LogP contribution in [0, 0.1) is 39.4 Å². The number of aliphatic hydroxyl groups excluding tert-OH is 1. The van der Waals surface area contributed by atoms with Crippen LogP contribution in [0.2, 0.25) is 0 Å². The maximum Gasteiger partial charge on any atom is 0.161 e. The van der Waals surface area contributed by atoms with E-state index in [2.05, 4.69) is 40.7 Å². The predicted molar refractivity (Wildman–Crippen MR) is 87.2 cm³/mol. The van der Waals surface area contributed by atoms with Crippen LogP contribution in [0.3, 0.4) is 0 Å². The fourth-order valence-electron chi connectivity index (χ4n) is 7.81. The first-order valence-corrected chi connectivity index (χ1v) is 8.99. The van der Waals surface area contributed by atoms with Crippen LogP contribution in [-0.2, 0) is 4.79 Å².